The van der Waals surface area contributed by atoms with E-state index in [9.17, 15) is 18.5 Å². The Morgan fingerprint density at radius 2 is 2.12 bits per heavy atom. The third kappa shape index (κ3) is 4.70. The molecule has 0 unspecified atom stereocenters. The van der Waals surface area contributed by atoms with Crippen molar-refractivity contribution >= 4 is 37.1 Å². The van der Waals surface area contributed by atoms with Crippen LogP contribution in [0.1, 0.15) is 0 Å². The van der Waals surface area contributed by atoms with Gasteiger partial charge in [0.2, 0.25) is 0 Å². The molecule has 0 spiro atoms. The molecule has 94 valence electrons. The molecule has 0 aliphatic heterocycles. The molecular weight excluding hydrogens is 312 g/mol. The lowest BCUT2D eigenvalue weighted by Crippen LogP contribution is -2.14. The van der Waals surface area contributed by atoms with E-state index in [0.717, 1.165) is 6.26 Å². The zero-order chi connectivity index (χ0) is 13.1. The Bertz CT molecular complexity index is 530. The van der Waals surface area contributed by atoms with Crippen molar-refractivity contribution in [1.29, 1.82) is 0 Å². The van der Waals surface area contributed by atoms with Crippen molar-refractivity contribution in [3.8, 4) is 0 Å². The van der Waals surface area contributed by atoms with E-state index in [2.05, 4.69) is 21.2 Å². The molecule has 0 aliphatic rings. The maximum absolute atomic E-state index is 10.9. The molecule has 0 amide bonds. The summed E-state index contributed by atoms with van der Waals surface area (Å²) < 4.78 is 22.5. The minimum atomic E-state index is -3.08. The summed E-state index contributed by atoms with van der Waals surface area (Å²) in [7, 11) is -3.08. The summed E-state index contributed by atoms with van der Waals surface area (Å²) in [5, 5.41) is 13.5. The summed E-state index contributed by atoms with van der Waals surface area (Å²) in [5.74, 6) is -0.0728. The quantitative estimate of drug-likeness (QED) is 0.659. The second-order valence-corrected chi connectivity index (χ2v) is 6.65. The number of anilines is 1. The standard InChI is InChI=1S/C9H11BrN2O4S/c1-17(15,16)5-4-11-8-6-7(10)2-3-9(8)12(13)14/h2-3,6,11H,4-5H2,1H3. The lowest BCUT2D eigenvalue weighted by molar-refractivity contribution is -0.384. The Kier molecular flexibility index (Phi) is 4.47. The van der Waals surface area contributed by atoms with Gasteiger partial charge in [-0.05, 0) is 12.1 Å². The van der Waals surface area contributed by atoms with E-state index in [1.54, 1.807) is 12.1 Å². The monoisotopic (exact) mass is 322 g/mol. The number of nitro groups is 1. The highest BCUT2D eigenvalue weighted by Gasteiger charge is 2.13. The van der Waals surface area contributed by atoms with Crippen molar-refractivity contribution in [3.63, 3.8) is 0 Å². The number of halogens is 1. The van der Waals surface area contributed by atoms with Gasteiger partial charge < -0.3 is 5.32 Å². The van der Waals surface area contributed by atoms with Crippen molar-refractivity contribution in [2.45, 2.75) is 0 Å². The van der Waals surface area contributed by atoms with Crippen LogP contribution >= 0.6 is 15.9 Å². The van der Waals surface area contributed by atoms with E-state index in [0.29, 0.717) is 10.2 Å². The van der Waals surface area contributed by atoms with Gasteiger partial charge in [-0.1, -0.05) is 15.9 Å². The van der Waals surface area contributed by atoms with Gasteiger partial charge >= 0.3 is 0 Å². The van der Waals surface area contributed by atoms with Gasteiger partial charge in [-0.3, -0.25) is 10.1 Å². The summed E-state index contributed by atoms with van der Waals surface area (Å²) in [4.78, 5) is 10.2. The van der Waals surface area contributed by atoms with E-state index in [1.165, 1.54) is 6.07 Å². The highest BCUT2D eigenvalue weighted by molar-refractivity contribution is 9.10. The number of hydrogen-bond donors (Lipinski definition) is 1. The van der Waals surface area contributed by atoms with Crippen molar-refractivity contribution in [2.75, 3.05) is 23.9 Å². The zero-order valence-corrected chi connectivity index (χ0v) is 11.4. The molecular formula is C9H11BrN2O4S. The molecule has 8 heteroatoms. The Morgan fingerprint density at radius 1 is 1.47 bits per heavy atom. The van der Waals surface area contributed by atoms with Crippen molar-refractivity contribution < 1.29 is 13.3 Å². The molecule has 0 aliphatic carbocycles. The molecule has 1 N–H and O–H groups in total. The highest BCUT2D eigenvalue weighted by Crippen LogP contribution is 2.27. The van der Waals surface area contributed by atoms with Gasteiger partial charge in [-0.2, -0.15) is 0 Å². The van der Waals surface area contributed by atoms with Crippen LogP contribution in [0.3, 0.4) is 0 Å². The largest absolute Gasteiger partial charge is 0.378 e. The lowest BCUT2D eigenvalue weighted by Gasteiger charge is -2.06. The first-order valence-corrected chi connectivity index (χ1v) is 7.50. The van der Waals surface area contributed by atoms with Gasteiger partial charge in [0.1, 0.15) is 15.5 Å². The van der Waals surface area contributed by atoms with Crippen molar-refractivity contribution in [3.05, 3.63) is 32.8 Å². The van der Waals surface area contributed by atoms with Gasteiger partial charge in [0.15, 0.2) is 0 Å². The van der Waals surface area contributed by atoms with Gasteiger partial charge in [-0.25, -0.2) is 8.42 Å². The van der Waals surface area contributed by atoms with Crippen LogP contribution in [0.5, 0.6) is 0 Å². The van der Waals surface area contributed by atoms with E-state index < -0.39 is 14.8 Å². The smallest absolute Gasteiger partial charge is 0.292 e. The number of benzene rings is 1. The SMILES string of the molecule is CS(=O)(=O)CCNc1cc(Br)ccc1[N+](=O)[O-]. The molecule has 0 radical (unpaired) electrons. The summed E-state index contributed by atoms with van der Waals surface area (Å²) in [5.41, 5.74) is 0.217. The fourth-order valence-corrected chi connectivity index (χ4v) is 2.01. The number of rotatable bonds is 5. The Balaban J connectivity index is 2.82. The van der Waals surface area contributed by atoms with Crippen LogP contribution in [0.4, 0.5) is 11.4 Å². The van der Waals surface area contributed by atoms with Crippen LogP contribution in [0.2, 0.25) is 0 Å². The molecule has 0 saturated heterocycles. The van der Waals surface area contributed by atoms with Crippen LogP contribution in [0, 0.1) is 10.1 Å². The van der Waals surface area contributed by atoms with Gasteiger partial charge in [-0.15, -0.1) is 0 Å². The molecule has 17 heavy (non-hydrogen) atoms. The molecule has 0 fully saturated rings. The second-order valence-electron chi connectivity index (χ2n) is 3.48. The summed E-state index contributed by atoms with van der Waals surface area (Å²) in [6, 6.07) is 4.45. The maximum atomic E-state index is 10.9. The number of nitro benzene ring substituents is 1. The fraction of sp³-hybridized carbons (Fsp3) is 0.333. The van der Waals surface area contributed by atoms with Crippen molar-refractivity contribution in [2.24, 2.45) is 0 Å². The number of sulfone groups is 1. The average molecular weight is 323 g/mol. The van der Waals surface area contributed by atoms with Gasteiger partial charge in [0, 0.05) is 23.3 Å². The average Bonchev–Trinajstić information content (AvgIpc) is 2.15. The van der Waals surface area contributed by atoms with E-state index >= 15 is 0 Å². The maximum Gasteiger partial charge on any atom is 0.292 e. The number of nitrogens with zero attached hydrogens (tertiary/aromatic N) is 1. The third-order valence-electron chi connectivity index (χ3n) is 1.94. The summed E-state index contributed by atoms with van der Waals surface area (Å²) in [6.07, 6.45) is 1.12. The molecule has 6 nitrogen and oxygen atoms in total. The number of hydrogen-bond acceptors (Lipinski definition) is 5. The van der Waals surface area contributed by atoms with Crippen LogP contribution in [0.25, 0.3) is 0 Å². The molecule has 1 aromatic rings. The minimum Gasteiger partial charge on any atom is -0.378 e. The molecule has 0 saturated carbocycles. The zero-order valence-electron chi connectivity index (χ0n) is 9.01. The van der Waals surface area contributed by atoms with Crippen LogP contribution in [-0.4, -0.2) is 31.9 Å². The first-order chi connectivity index (χ1) is 7.79. The van der Waals surface area contributed by atoms with Crippen LogP contribution < -0.4 is 5.32 Å². The molecule has 0 aromatic heterocycles. The molecule has 0 atom stereocenters. The number of nitrogens with one attached hydrogen (secondary N) is 1. The summed E-state index contributed by atoms with van der Waals surface area (Å²) in [6.45, 7) is 0.135. The normalized spacial score (nSPS) is 11.2. The third-order valence-corrected chi connectivity index (χ3v) is 3.38. The molecule has 1 aromatic carbocycles. The molecule has 0 bridgehead atoms. The summed E-state index contributed by atoms with van der Waals surface area (Å²) >= 11 is 3.20. The van der Waals surface area contributed by atoms with Crippen molar-refractivity contribution in [1.82, 2.24) is 0 Å². The molecule has 1 rings (SSSR count). The first-order valence-electron chi connectivity index (χ1n) is 4.65. The lowest BCUT2D eigenvalue weighted by atomic mass is 10.2. The highest BCUT2D eigenvalue weighted by atomic mass is 79.9. The first kappa shape index (κ1) is 13.9. The van der Waals surface area contributed by atoms with E-state index in [-0.39, 0.29) is 18.0 Å². The Labute approximate surface area is 107 Å². The van der Waals surface area contributed by atoms with Crippen LogP contribution in [-0.2, 0) is 9.84 Å². The fourth-order valence-electron chi connectivity index (χ4n) is 1.18. The van der Waals surface area contributed by atoms with Gasteiger partial charge in [0.05, 0.1) is 10.7 Å². The minimum absolute atomic E-state index is 0.0728. The Morgan fingerprint density at radius 3 is 2.65 bits per heavy atom. The predicted octanol–water partition coefficient (Wildman–Crippen LogP) is 1.81. The van der Waals surface area contributed by atoms with E-state index in [4.69, 9.17) is 0 Å². The molecule has 0 heterocycles. The van der Waals surface area contributed by atoms with Gasteiger partial charge in [0.25, 0.3) is 5.69 Å². The Hall–Kier alpha value is -1.15. The van der Waals surface area contributed by atoms with Crippen LogP contribution in [0.15, 0.2) is 22.7 Å². The second kappa shape index (κ2) is 5.46. The van der Waals surface area contributed by atoms with E-state index in [1.807, 2.05) is 0 Å². The topological polar surface area (TPSA) is 89.3 Å². The predicted molar refractivity (Wildman–Crippen MR) is 69.0 cm³/mol.